The van der Waals surface area contributed by atoms with Crippen molar-refractivity contribution in [1.82, 2.24) is 5.43 Å². The largest absolute Gasteiger partial charge is 0.459 e. The first-order valence-corrected chi connectivity index (χ1v) is 7.39. The van der Waals surface area contributed by atoms with Crippen LogP contribution in [0.1, 0.15) is 54.4 Å². The van der Waals surface area contributed by atoms with E-state index in [9.17, 15) is 9.59 Å². The number of nitrogens with zero attached hydrogens (tertiary/aromatic N) is 1. The second-order valence-electron chi connectivity index (χ2n) is 5.48. The van der Waals surface area contributed by atoms with Gasteiger partial charge in [0.15, 0.2) is 0 Å². The Morgan fingerprint density at radius 2 is 1.86 bits per heavy atom. The van der Waals surface area contributed by atoms with E-state index in [0.29, 0.717) is 18.4 Å². The number of amides is 1. The fraction of sp³-hybridized carbons (Fsp3) is 0.438. The summed E-state index contributed by atoms with van der Waals surface area (Å²) in [5.41, 5.74) is 4.80. The molecule has 0 spiro atoms. The summed E-state index contributed by atoms with van der Waals surface area (Å²) in [6.07, 6.45) is 5.38. The van der Waals surface area contributed by atoms with Gasteiger partial charge in [0.25, 0.3) is 0 Å². The van der Waals surface area contributed by atoms with Crippen LogP contribution < -0.4 is 5.43 Å². The first kappa shape index (κ1) is 13.8. The Hall–Kier alpha value is -2.17. The summed E-state index contributed by atoms with van der Waals surface area (Å²) < 4.78 is 5.47. The molecule has 0 atom stereocenters. The highest BCUT2D eigenvalue weighted by atomic mass is 16.5. The van der Waals surface area contributed by atoms with E-state index in [0.717, 1.165) is 37.0 Å². The van der Waals surface area contributed by atoms with Crippen molar-refractivity contribution in [2.24, 2.45) is 5.10 Å². The van der Waals surface area contributed by atoms with E-state index in [4.69, 9.17) is 4.74 Å². The van der Waals surface area contributed by atoms with Crippen molar-refractivity contribution in [3.8, 4) is 0 Å². The summed E-state index contributed by atoms with van der Waals surface area (Å²) in [7, 11) is 0. The van der Waals surface area contributed by atoms with Crippen molar-refractivity contribution < 1.29 is 14.3 Å². The molecule has 0 bridgehead atoms. The van der Waals surface area contributed by atoms with Crippen LogP contribution in [0.2, 0.25) is 0 Å². The number of hydrogen-bond acceptors (Lipinski definition) is 4. The number of nitrogens with one attached hydrogen (secondary N) is 1. The van der Waals surface area contributed by atoms with Crippen LogP contribution in [0.15, 0.2) is 29.4 Å². The first-order chi connectivity index (χ1) is 10.2. The summed E-state index contributed by atoms with van der Waals surface area (Å²) in [6.45, 7) is 0. The van der Waals surface area contributed by atoms with E-state index in [2.05, 4.69) is 10.5 Å². The molecule has 1 fully saturated rings. The average Bonchev–Trinajstić information content (AvgIpc) is 3.01. The SMILES string of the molecule is O=C1CCC(c2ccc(C(=O)OC3CCCC3)cc2)=NN1. The van der Waals surface area contributed by atoms with E-state index >= 15 is 0 Å². The van der Waals surface area contributed by atoms with Crippen LogP contribution >= 0.6 is 0 Å². The second-order valence-corrected chi connectivity index (χ2v) is 5.48. The summed E-state index contributed by atoms with van der Waals surface area (Å²) in [6, 6.07) is 7.21. The van der Waals surface area contributed by atoms with Gasteiger partial charge in [0.2, 0.25) is 5.91 Å². The molecule has 1 aliphatic heterocycles. The molecule has 1 saturated carbocycles. The quantitative estimate of drug-likeness (QED) is 0.868. The summed E-state index contributed by atoms with van der Waals surface area (Å²) in [5, 5.41) is 4.04. The zero-order valence-corrected chi connectivity index (χ0v) is 11.8. The van der Waals surface area contributed by atoms with E-state index in [1.165, 1.54) is 0 Å². The van der Waals surface area contributed by atoms with Gasteiger partial charge in [-0.2, -0.15) is 5.10 Å². The normalized spacial score (nSPS) is 19.0. The molecule has 5 heteroatoms. The van der Waals surface area contributed by atoms with E-state index in [-0.39, 0.29) is 18.0 Å². The Balaban J connectivity index is 1.66. The monoisotopic (exact) mass is 286 g/mol. The molecule has 0 radical (unpaired) electrons. The molecule has 21 heavy (non-hydrogen) atoms. The van der Waals surface area contributed by atoms with Crippen molar-refractivity contribution in [1.29, 1.82) is 0 Å². The lowest BCUT2D eigenvalue weighted by Gasteiger charge is -2.13. The number of carbonyl (C=O) groups is 2. The smallest absolute Gasteiger partial charge is 0.338 e. The number of hydrogen-bond donors (Lipinski definition) is 1. The lowest BCUT2D eigenvalue weighted by molar-refractivity contribution is -0.121. The van der Waals surface area contributed by atoms with Gasteiger partial charge in [0, 0.05) is 12.8 Å². The standard InChI is InChI=1S/C16H18N2O3/c19-15-10-9-14(17-18-15)11-5-7-12(8-6-11)16(20)21-13-3-1-2-4-13/h5-8,13H,1-4,9-10H2,(H,18,19). The molecule has 5 nitrogen and oxygen atoms in total. The first-order valence-electron chi connectivity index (χ1n) is 7.39. The Kier molecular flexibility index (Phi) is 3.99. The molecule has 1 heterocycles. The predicted molar refractivity (Wildman–Crippen MR) is 78.0 cm³/mol. The molecule has 1 N–H and O–H groups in total. The average molecular weight is 286 g/mol. The fourth-order valence-electron chi connectivity index (χ4n) is 2.71. The number of ether oxygens (including phenoxy) is 1. The lowest BCUT2D eigenvalue weighted by atomic mass is 10.0. The minimum atomic E-state index is -0.257. The Bertz CT molecular complexity index is 572. The Labute approximate surface area is 123 Å². The van der Waals surface area contributed by atoms with Crippen LogP contribution in [-0.2, 0) is 9.53 Å². The molecule has 1 aromatic rings. The molecule has 0 saturated heterocycles. The van der Waals surface area contributed by atoms with E-state index in [1.54, 1.807) is 12.1 Å². The van der Waals surface area contributed by atoms with Crippen LogP contribution in [0.5, 0.6) is 0 Å². The minimum Gasteiger partial charge on any atom is -0.459 e. The highest BCUT2D eigenvalue weighted by molar-refractivity contribution is 6.04. The van der Waals surface area contributed by atoms with Crippen molar-refractivity contribution in [3.63, 3.8) is 0 Å². The molecule has 1 aromatic carbocycles. The summed E-state index contributed by atoms with van der Waals surface area (Å²) in [5.74, 6) is -0.317. The van der Waals surface area contributed by atoms with Crippen LogP contribution in [-0.4, -0.2) is 23.7 Å². The number of hydrazone groups is 1. The van der Waals surface area contributed by atoms with Crippen molar-refractivity contribution in [3.05, 3.63) is 35.4 Å². The Morgan fingerprint density at radius 1 is 1.14 bits per heavy atom. The minimum absolute atomic E-state index is 0.0597. The van der Waals surface area contributed by atoms with Crippen molar-refractivity contribution in [2.45, 2.75) is 44.6 Å². The van der Waals surface area contributed by atoms with Gasteiger partial charge in [-0.15, -0.1) is 0 Å². The zero-order valence-electron chi connectivity index (χ0n) is 11.8. The highest BCUT2D eigenvalue weighted by Crippen LogP contribution is 2.22. The van der Waals surface area contributed by atoms with Crippen LogP contribution in [0, 0.1) is 0 Å². The maximum atomic E-state index is 12.0. The predicted octanol–water partition coefficient (Wildman–Crippen LogP) is 2.40. The van der Waals surface area contributed by atoms with Crippen LogP contribution in [0.4, 0.5) is 0 Å². The van der Waals surface area contributed by atoms with Gasteiger partial charge < -0.3 is 4.74 Å². The molecule has 2 aliphatic rings. The van der Waals surface area contributed by atoms with Crippen LogP contribution in [0.25, 0.3) is 0 Å². The van der Waals surface area contributed by atoms with Gasteiger partial charge in [-0.25, -0.2) is 10.2 Å². The van der Waals surface area contributed by atoms with Gasteiger partial charge in [-0.3, -0.25) is 4.79 Å². The molecular formula is C16H18N2O3. The van der Waals surface area contributed by atoms with Crippen molar-refractivity contribution in [2.75, 3.05) is 0 Å². The zero-order chi connectivity index (χ0) is 14.7. The maximum Gasteiger partial charge on any atom is 0.338 e. The van der Waals surface area contributed by atoms with Crippen LogP contribution in [0.3, 0.4) is 0 Å². The molecule has 0 unspecified atom stereocenters. The van der Waals surface area contributed by atoms with Gasteiger partial charge in [-0.1, -0.05) is 12.1 Å². The molecule has 110 valence electrons. The highest BCUT2D eigenvalue weighted by Gasteiger charge is 2.20. The van der Waals surface area contributed by atoms with Gasteiger partial charge in [0.1, 0.15) is 6.10 Å². The Morgan fingerprint density at radius 3 is 2.48 bits per heavy atom. The third-order valence-electron chi connectivity index (χ3n) is 3.93. The molecular weight excluding hydrogens is 268 g/mol. The fourth-order valence-corrected chi connectivity index (χ4v) is 2.71. The second kappa shape index (κ2) is 6.08. The molecule has 1 aliphatic carbocycles. The topological polar surface area (TPSA) is 67.8 Å². The lowest BCUT2D eigenvalue weighted by Crippen LogP contribution is -2.25. The number of benzene rings is 1. The summed E-state index contributed by atoms with van der Waals surface area (Å²) in [4.78, 5) is 23.1. The van der Waals surface area contributed by atoms with E-state index in [1.807, 2.05) is 12.1 Å². The van der Waals surface area contributed by atoms with Crippen molar-refractivity contribution >= 4 is 17.6 Å². The van der Waals surface area contributed by atoms with Gasteiger partial charge in [0.05, 0.1) is 11.3 Å². The van der Waals surface area contributed by atoms with Gasteiger partial charge >= 0.3 is 5.97 Å². The third kappa shape index (κ3) is 3.29. The number of esters is 1. The molecule has 3 rings (SSSR count). The van der Waals surface area contributed by atoms with E-state index < -0.39 is 0 Å². The van der Waals surface area contributed by atoms with Gasteiger partial charge in [-0.05, 0) is 43.4 Å². The molecule has 0 aromatic heterocycles. The molecule has 1 amide bonds. The number of rotatable bonds is 3. The summed E-state index contributed by atoms with van der Waals surface area (Å²) >= 11 is 0. The maximum absolute atomic E-state index is 12.0. The number of carbonyl (C=O) groups excluding carboxylic acids is 2. The third-order valence-corrected chi connectivity index (χ3v) is 3.93.